The van der Waals surface area contributed by atoms with Crippen LogP contribution in [-0.2, 0) is 16.5 Å². The Kier molecular flexibility index (Phi) is 5.36. The zero-order chi connectivity index (χ0) is 13.7. The lowest BCUT2D eigenvalue weighted by Crippen LogP contribution is -2.37. The van der Waals surface area contributed by atoms with E-state index in [0.29, 0.717) is 12.0 Å². The van der Waals surface area contributed by atoms with Gasteiger partial charge in [-0.15, -0.1) is 0 Å². The molecule has 1 fully saturated rings. The predicted molar refractivity (Wildman–Crippen MR) is 74.0 cm³/mol. The van der Waals surface area contributed by atoms with Crippen LogP contribution in [0.4, 0.5) is 0 Å². The number of aromatic nitrogens is 2. The first kappa shape index (κ1) is 14.5. The molecule has 3 atom stereocenters. The molecule has 0 aromatic carbocycles. The van der Waals surface area contributed by atoms with Crippen LogP contribution in [0.5, 0.6) is 0 Å². The smallest absolute Gasteiger partial charge is 0.103 e. The largest absolute Gasteiger partial charge is 0.383 e. The lowest BCUT2D eigenvalue weighted by atomic mass is 9.98. The van der Waals surface area contributed by atoms with Gasteiger partial charge in [-0.2, -0.15) is 5.10 Å². The van der Waals surface area contributed by atoms with E-state index in [4.69, 9.17) is 9.47 Å². The molecule has 1 N–H and O–H groups in total. The zero-order valence-corrected chi connectivity index (χ0v) is 12.1. The summed E-state index contributed by atoms with van der Waals surface area (Å²) >= 11 is 0. The molecule has 1 aromatic rings. The summed E-state index contributed by atoms with van der Waals surface area (Å²) in [4.78, 5) is 0. The molecule has 1 aliphatic heterocycles. The standard InChI is InChI=1S/C14H25N3O2/c1-4-12(10-18-3)15-9-11-6-8-19-14(11)13-5-7-16-17(13)2/h5,7,11-12,14-15H,4,6,8-10H2,1-3H3/t11-,12+,14+/m0/s1. The Morgan fingerprint density at radius 2 is 2.47 bits per heavy atom. The highest BCUT2D eigenvalue weighted by molar-refractivity contribution is 5.07. The van der Waals surface area contributed by atoms with Crippen molar-refractivity contribution in [3.63, 3.8) is 0 Å². The minimum Gasteiger partial charge on any atom is -0.383 e. The highest BCUT2D eigenvalue weighted by Gasteiger charge is 2.31. The van der Waals surface area contributed by atoms with Crippen molar-refractivity contribution < 1.29 is 9.47 Å². The predicted octanol–water partition coefficient (Wildman–Crippen LogP) is 1.51. The fourth-order valence-corrected chi connectivity index (χ4v) is 2.67. The molecule has 19 heavy (non-hydrogen) atoms. The first-order chi connectivity index (χ1) is 9.26. The van der Waals surface area contributed by atoms with E-state index in [1.54, 1.807) is 7.11 Å². The molecule has 2 heterocycles. The van der Waals surface area contributed by atoms with Crippen molar-refractivity contribution in [2.24, 2.45) is 13.0 Å². The second-order valence-electron chi connectivity index (χ2n) is 5.19. The van der Waals surface area contributed by atoms with Crippen LogP contribution in [0.15, 0.2) is 12.3 Å². The molecule has 0 saturated carbocycles. The van der Waals surface area contributed by atoms with E-state index in [-0.39, 0.29) is 6.10 Å². The third-order valence-corrected chi connectivity index (χ3v) is 3.89. The van der Waals surface area contributed by atoms with Gasteiger partial charge in [0, 0.05) is 45.5 Å². The van der Waals surface area contributed by atoms with Gasteiger partial charge in [0.25, 0.3) is 0 Å². The Morgan fingerprint density at radius 1 is 1.63 bits per heavy atom. The van der Waals surface area contributed by atoms with E-state index < -0.39 is 0 Å². The molecular weight excluding hydrogens is 242 g/mol. The molecular formula is C14H25N3O2. The lowest BCUT2D eigenvalue weighted by Gasteiger charge is -2.22. The molecule has 0 amide bonds. The second kappa shape index (κ2) is 7.03. The summed E-state index contributed by atoms with van der Waals surface area (Å²) in [5.74, 6) is 0.515. The third-order valence-electron chi connectivity index (χ3n) is 3.89. The Labute approximate surface area is 115 Å². The fraction of sp³-hybridized carbons (Fsp3) is 0.786. The van der Waals surface area contributed by atoms with Gasteiger partial charge in [-0.3, -0.25) is 4.68 Å². The van der Waals surface area contributed by atoms with Crippen LogP contribution in [0.2, 0.25) is 0 Å². The summed E-state index contributed by atoms with van der Waals surface area (Å²) in [7, 11) is 3.72. The quantitative estimate of drug-likeness (QED) is 0.813. The average molecular weight is 267 g/mol. The van der Waals surface area contributed by atoms with Gasteiger partial charge in [0.15, 0.2) is 0 Å². The number of aryl methyl sites for hydroxylation is 1. The number of rotatable bonds is 7. The summed E-state index contributed by atoms with van der Waals surface area (Å²) in [6, 6.07) is 2.48. The normalized spacial score (nSPS) is 24.8. The van der Waals surface area contributed by atoms with Crippen LogP contribution in [0.3, 0.4) is 0 Å². The van der Waals surface area contributed by atoms with Crippen molar-refractivity contribution in [1.82, 2.24) is 15.1 Å². The maximum absolute atomic E-state index is 5.88. The van der Waals surface area contributed by atoms with E-state index in [2.05, 4.69) is 23.4 Å². The Morgan fingerprint density at radius 3 is 3.11 bits per heavy atom. The minimum atomic E-state index is 0.167. The molecule has 108 valence electrons. The van der Waals surface area contributed by atoms with E-state index in [1.807, 2.05) is 17.9 Å². The van der Waals surface area contributed by atoms with Crippen LogP contribution < -0.4 is 5.32 Å². The van der Waals surface area contributed by atoms with Gasteiger partial charge < -0.3 is 14.8 Å². The minimum absolute atomic E-state index is 0.167. The highest BCUT2D eigenvalue weighted by atomic mass is 16.5. The number of nitrogens with zero attached hydrogens (tertiary/aromatic N) is 2. The molecule has 0 unspecified atom stereocenters. The van der Waals surface area contributed by atoms with Crippen molar-refractivity contribution in [2.45, 2.75) is 31.9 Å². The second-order valence-corrected chi connectivity index (χ2v) is 5.19. The molecule has 5 heteroatoms. The van der Waals surface area contributed by atoms with Crippen molar-refractivity contribution in [3.8, 4) is 0 Å². The maximum Gasteiger partial charge on any atom is 0.103 e. The molecule has 0 aliphatic carbocycles. The molecule has 5 nitrogen and oxygen atoms in total. The van der Waals surface area contributed by atoms with E-state index in [0.717, 1.165) is 32.6 Å². The van der Waals surface area contributed by atoms with Gasteiger partial charge in [0.1, 0.15) is 6.10 Å². The van der Waals surface area contributed by atoms with Crippen LogP contribution in [0.25, 0.3) is 0 Å². The Hall–Kier alpha value is -0.910. The SMILES string of the molecule is CC[C@H](COC)NC[C@@H]1CCO[C@H]1c1ccnn1C. The van der Waals surface area contributed by atoms with Gasteiger partial charge >= 0.3 is 0 Å². The van der Waals surface area contributed by atoms with Crippen LogP contribution >= 0.6 is 0 Å². The Balaban J connectivity index is 1.91. The average Bonchev–Trinajstić information content (AvgIpc) is 3.02. The van der Waals surface area contributed by atoms with Crippen molar-refractivity contribution in [3.05, 3.63) is 18.0 Å². The number of ether oxygens (including phenoxy) is 2. The molecule has 0 bridgehead atoms. The van der Waals surface area contributed by atoms with Gasteiger partial charge in [0.05, 0.1) is 12.3 Å². The summed E-state index contributed by atoms with van der Waals surface area (Å²) in [5.41, 5.74) is 1.17. The number of methoxy groups -OCH3 is 1. The molecule has 2 rings (SSSR count). The van der Waals surface area contributed by atoms with Crippen LogP contribution in [0.1, 0.15) is 31.6 Å². The van der Waals surface area contributed by atoms with Gasteiger partial charge in [0.2, 0.25) is 0 Å². The Bertz CT molecular complexity index is 381. The molecule has 1 aliphatic rings. The molecule has 0 spiro atoms. The molecule has 1 aromatic heterocycles. The lowest BCUT2D eigenvalue weighted by molar-refractivity contribution is 0.0813. The third kappa shape index (κ3) is 3.55. The van der Waals surface area contributed by atoms with Crippen molar-refractivity contribution >= 4 is 0 Å². The van der Waals surface area contributed by atoms with Gasteiger partial charge in [-0.25, -0.2) is 0 Å². The highest BCUT2D eigenvalue weighted by Crippen LogP contribution is 2.33. The maximum atomic E-state index is 5.88. The monoisotopic (exact) mass is 267 g/mol. The van der Waals surface area contributed by atoms with E-state index >= 15 is 0 Å². The summed E-state index contributed by atoms with van der Waals surface area (Å²) in [5, 5.41) is 7.82. The summed E-state index contributed by atoms with van der Waals surface area (Å²) in [6.45, 7) is 4.75. The van der Waals surface area contributed by atoms with E-state index in [1.165, 1.54) is 5.69 Å². The summed E-state index contributed by atoms with van der Waals surface area (Å²) in [6.07, 6.45) is 4.19. The first-order valence-electron chi connectivity index (χ1n) is 7.08. The van der Waals surface area contributed by atoms with Crippen molar-refractivity contribution in [2.75, 3.05) is 26.9 Å². The van der Waals surface area contributed by atoms with Crippen molar-refractivity contribution in [1.29, 1.82) is 0 Å². The number of nitrogens with one attached hydrogen (secondary N) is 1. The van der Waals surface area contributed by atoms with Gasteiger partial charge in [-0.1, -0.05) is 6.92 Å². The number of hydrogen-bond donors (Lipinski definition) is 1. The van der Waals surface area contributed by atoms with Crippen LogP contribution in [0, 0.1) is 5.92 Å². The topological polar surface area (TPSA) is 48.3 Å². The molecule has 1 saturated heterocycles. The van der Waals surface area contributed by atoms with Crippen LogP contribution in [-0.4, -0.2) is 42.7 Å². The fourth-order valence-electron chi connectivity index (χ4n) is 2.67. The van der Waals surface area contributed by atoms with E-state index in [9.17, 15) is 0 Å². The van der Waals surface area contributed by atoms with Gasteiger partial charge in [-0.05, 0) is 18.9 Å². The molecule has 0 radical (unpaired) electrons. The number of hydrogen-bond acceptors (Lipinski definition) is 4. The zero-order valence-electron chi connectivity index (χ0n) is 12.1. The first-order valence-corrected chi connectivity index (χ1v) is 7.08. The summed E-state index contributed by atoms with van der Waals surface area (Å²) < 4.78 is 13.0.